The van der Waals surface area contributed by atoms with E-state index in [4.69, 9.17) is 4.74 Å². The predicted molar refractivity (Wildman–Crippen MR) is 67.1 cm³/mol. The third-order valence-corrected chi connectivity index (χ3v) is 6.78. The number of cyclic esters (lactones) is 1. The van der Waals surface area contributed by atoms with Gasteiger partial charge in [-0.15, -0.1) is 0 Å². The molecule has 0 unspecified atom stereocenters. The second kappa shape index (κ2) is 2.86. The summed E-state index contributed by atoms with van der Waals surface area (Å²) in [6.07, 6.45) is 1.78. The Balaban J connectivity index is 1.85. The van der Waals surface area contributed by atoms with Gasteiger partial charge < -0.3 is 14.9 Å². The smallest absolute Gasteiger partial charge is 0.315 e. The van der Waals surface area contributed by atoms with Crippen molar-refractivity contribution in [3.05, 3.63) is 0 Å². The number of hydrogen-bond acceptors (Lipinski definition) is 4. The first kappa shape index (κ1) is 12.2. The molecule has 1 saturated heterocycles. The summed E-state index contributed by atoms with van der Waals surface area (Å²) in [6.45, 7) is 6.50. The minimum absolute atomic E-state index is 0.0355. The van der Waals surface area contributed by atoms with Gasteiger partial charge in [-0.3, -0.25) is 4.79 Å². The van der Waals surface area contributed by atoms with Gasteiger partial charge in [-0.2, -0.15) is 0 Å². The number of carbonyl (C=O) groups is 1. The number of hydrogen-bond donors (Lipinski definition) is 2. The van der Waals surface area contributed by atoms with Crippen LogP contribution in [-0.2, 0) is 9.53 Å². The molecule has 19 heavy (non-hydrogen) atoms. The monoisotopic (exact) mass is 266 g/mol. The average molecular weight is 266 g/mol. The molecule has 3 aliphatic carbocycles. The summed E-state index contributed by atoms with van der Waals surface area (Å²) in [5, 5.41) is 21.6. The number of fused-ring (bicyclic) bond motifs is 2. The maximum absolute atomic E-state index is 12.2. The van der Waals surface area contributed by atoms with Gasteiger partial charge in [-0.1, -0.05) is 20.8 Å². The molecule has 4 heteroatoms. The standard InChI is InChI=1S/C15H22O4/c1-12(2)4-8-9(5-12)13(3)6-14(13)11(17)19-7-15(14,18)10(8)16/h8-10,16,18H,4-7H2,1-3H3/t8-,9-,10-,13+,14-,15+/m1/s1. The summed E-state index contributed by atoms with van der Waals surface area (Å²) in [6, 6.07) is 0. The molecule has 6 atom stereocenters. The highest BCUT2D eigenvalue weighted by atomic mass is 16.6. The summed E-state index contributed by atoms with van der Waals surface area (Å²) >= 11 is 0. The Kier molecular flexibility index (Phi) is 1.83. The molecule has 4 nitrogen and oxygen atoms in total. The van der Waals surface area contributed by atoms with E-state index >= 15 is 0 Å². The molecule has 0 aromatic heterocycles. The summed E-state index contributed by atoms with van der Waals surface area (Å²) in [4.78, 5) is 12.2. The van der Waals surface area contributed by atoms with Gasteiger partial charge in [0.05, 0.1) is 6.10 Å². The van der Waals surface area contributed by atoms with E-state index in [-0.39, 0.29) is 29.3 Å². The van der Waals surface area contributed by atoms with Gasteiger partial charge >= 0.3 is 5.97 Å². The highest BCUT2D eigenvalue weighted by Crippen LogP contribution is 2.82. The minimum atomic E-state index is -1.36. The number of carbonyl (C=O) groups excluding carboxylic acids is 1. The van der Waals surface area contributed by atoms with Crippen molar-refractivity contribution in [1.82, 2.24) is 0 Å². The minimum Gasteiger partial charge on any atom is -0.462 e. The van der Waals surface area contributed by atoms with Crippen molar-refractivity contribution < 1.29 is 19.7 Å². The number of aliphatic hydroxyl groups excluding tert-OH is 1. The van der Waals surface area contributed by atoms with Crippen LogP contribution in [-0.4, -0.2) is 34.5 Å². The van der Waals surface area contributed by atoms with Crippen molar-refractivity contribution in [3.8, 4) is 0 Å². The summed E-state index contributed by atoms with van der Waals surface area (Å²) in [7, 11) is 0. The van der Waals surface area contributed by atoms with Gasteiger partial charge in [0.1, 0.15) is 17.6 Å². The Morgan fingerprint density at radius 2 is 1.95 bits per heavy atom. The van der Waals surface area contributed by atoms with E-state index in [0.29, 0.717) is 12.3 Å². The zero-order valence-corrected chi connectivity index (χ0v) is 11.8. The average Bonchev–Trinajstić information content (AvgIpc) is 2.73. The number of esters is 1. The molecule has 1 heterocycles. The van der Waals surface area contributed by atoms with Crippen LogP contribution in [0.5, 0.6) is 0 Å². The lowest BCUT2D eigenvalue weighted by Gasteiger charge is -2.46. The van der Waals surface area contributed by atoms with E-state index in [2.05, 4.69) is 20.8 Å². The fourth-order valence-electron chi connectivity index (χ4n) is 5.84. The predicted octanol–water partition coefficient (Wildman–Crippen LogP) is 1.10. The van der Waals surface area contributed by atoms with Crippen molar-refractivity contribution in [1.29, 1.82) is 0 Å². The van der Waals surface area contributed by atoms with Crippen molar-refractivity contribution >= 4 is 5.97 Å². The van der Waals surface area contributed by atoms with Crippen LogP contribution in [0.3, 0.4) is 0 Å². The Hall–Kier alpha value is -0.610. The van der Waals surface area contributed by atoms with Crippen LogP contribution in [0.4, 0.5) is 0 Å². The van der Waals surface area contributed by atoms with Gasteiger partial charge in [0.25, 0.3) is 0 Å². The van der Waals surface area contributed by atoms with E-state index in [1.165, 1.54) is 0 Å². The molecular formula is C15H22O4. The second-order valence-electron chi connectivity index (χ2n) is 8.29. The first-order valence-corrected chi connectivity index (χ1v) is 7.26. The number of ether oxygens (including phenoxy) is 1. The van der Waals surface area contributed by atoms with Crippen LogP contribution >= 0.6 is 0 Å². The Morgan fingerprint density at radius 3 is 2.63 bits per heavy atom. The molecule has 0 aromatic carbocycles. The van der Waals surface area contributed by atoms with Crippen LogP contribution in [0, 0.1) is 28.1 Å². The van der Waals surface area contributed by atoms with Gasteiger partial charge in [0, 0.05) is 0 Å². The lowest BCUT2D eigenvalue weighted by molar-refractivity contribution is -0.176. The van der Waals surface area contributed by atoms with Crippen LogP contribution in [0.1, 0.15) is 40.0 Å². The number of rotatable bonds is 0. The highest BCUT2D eigenvalue weighted by Gasteiger charge is 2.89. The van der Waals surface area contributed by atoms with Gasteiger partial charge in [-0.25, -0.2) is 0 Å². The van der Waals surface area contributed by atoms with E-state index < -0.39 is 17.1 Å². The molecule has 2 N–H and O–H groups in total. The quantitative estimate of drug-likeness (QED) is 0.644. The van der Waals surface area contributed by atoms with Crippen LogP contribution in [0.15, 0.2) is 0 Å². The lowest BCUT2D eigenvalue weighted by atomic mass is 9.61. The molecule has 0 radical (unpaired) electrons. The molecule has 1 spiro atoms. The van der Waals surface area contributed by atoms with Gasteiger partial charge in [-0.05, 0) is 41.9 Å². The maximum Gasteiger partial charge on any atom is 0.315 e. The summed E-state index contributed by atoms with van der Waals surface area (Å²) in [5.74, 6) is 0.123. The zero-order valence-electron chi connectivity index (χ0n) is 11.8. The number of aliphatic hydroxyl groups is 2. The van der Waals surface area contributed by atoms with Crippen molar-refractivity contribution in [2.75, 3.05) is 6.61 Å². The fraction of sp³-hybridized carbons (Fsp3) is 0.933. The fourth-order valence-corrected chi connectivity index (χ4v) is 5.84. The summed E-state index contributed by atoms with van der Waals surface area (Å²) < 4.78 is 5.15. The normalized spacial score (nSPS) is 61.1. The zero-order chi connectivity index (χ0) is 13.8. The Labute approximate surface area is 113 Å². The van der Waals surface area contributed by atoms with Crippen LogP contribution in [0.25, 0.3) is 0 Å². The lowest BCUT2D eigenvalue weighted by Crippen LogP contribution is -2.60. The SMILES string of the molecule is CC1(C)C[C@@H]2[C@@H](C1)[C@]1(C)C[C@@]13C(=O)OC[C@]3(O)[C@@H]2O. The molecule has 0 bridgehead atoms. The molecule has 0 aromatic rings. The Morgan fingerprint density at radius 1 is 1.26 bits per heavy atom. The van der Waals surface area contributed by atoms with Crippen LogP contribution in [0.2, 0.25) is 0 Å². The summed E-state index contributed by atoms with van der Waals surface area (Å²) in [5.41, 5.74) is -2.20. The topological polar surface area (TPSA) is 66.8 Å². The van der Waals surface area contributed by atoms with Gasteiger partial charge in [0.15, 0.2) is 0 Å². The Bertz CT molecular complexity index is 487. The maximum atomic E-state index is 12.2. The molecule has 3 saturated carbocycles. The molecule has 4 rings (SSSR count). The molecule has 1 aliphatic heterocycles. The molecular weight excluding hydrogens is 244 g/mol. The molecule has 4 fully saturated rings. The molecule has 0 amide bonds. The van der Waals surface area contributed by atoms with Crippen molar-refractivity contribution in [3.63, 3.8) is 0 Å². The van der Waals surface area contributed by atoms with E-state index in [9.17, 15) is 15.0 Å². The molecule has 106 valence electrons. The third-order valence-electron chi connectivity index (χ3n) is 6.78. The third kappa shape index (κ3) is 1.03. The van der Waals surface area contributed by atoms with Crippen molar-refractivity contribution in [2.24, 2.45) is 28.1 Å². The highest BCUT2D eigenvalue weighted by molar-refractivity contribution is 5.87. The second-order valence-corrected chi connectivity index (χ2v) is 8.29. The largest absolute Gasteiger partial charge is 0.462 e. The van der Waals surface area contributed by atoms with Crippen LogP contribution < -0.4 is 0 Å². The first-order chi connectivity index (χ1) is 8.68. The first-order valence-electron chi connectivity index (χ1n) is 7.26. The van der Waals surface area contributed by atoms with E-state index in [1.807, 2.05) is 0 Å². The van der Waals surface area contributed by atoms with Crippen molar-refractivity contribution in [2.45, 2.75) is 51.7 Å². The molecule has 4 aliphatic rings. The van der Waals surface area contributed by atoms with Gasteiger partial charge in [0.2, 0.25) is 0 Å². The van der Waals surface area contributed by atoms with E-state index in [0.717, 1.165) is 12.8 Å². The van der Waals surface area contributed by atoms with E-state index in [1.54, 1.807) is 0 Å².